The molecule has 1 heterocycles. The molecule has 0 aliphatic carbocycles. The van der Waals surface area contributed by atoms with Gasteiger partial charge in [-0.2, -0.15) is 0 Å². The van der Waals surface area contributed by atoms with Gasteiger partial charge >= 0.3 is 0 Å². The lowest BCUT2D eigenvalue weighted by atomic mass is 9.98. The van der Waals surface area contributed by atoms with E-state index >= 15 is 0 Å². The van der Waals surface area contributed by atoms with Crippen LogP contribution < -0.4 is 4.74 Å². The summed E-state index contributed by atoms with van der Waals surface area (Å²) < 4.78 is 5.18. The highest BCUT2D eigenvalue weighted by Gasteiger charge is 2.41. The minimum atomic E-state index is -0.846. The van der Waals surface area contributed by atoms with Gasteiger partial charge in [0.05, 0.1) is 12.7 Å². The lowest BCUT2D eigenvalue weighted by Crippen LogP contribution is -2.38. The Morgan fingerprint density at radius 2 is 1.88 bits per heavy atom. The van der Waals surface area contributed by atoms with Gasteiger partial charge in [-0.05, 0) is 49.6 Å². The van der Waals surface area contributed by atoms with Crippen LogP contribution in [0.25, 0.3) is 0 Å². The van der Waals surface area contributed by atoms with Crippen LogP contribution in [0, 0.1) is 0 Å². The Kier molecular flexibility index (Phi) is 4.58. The lowest BCUT2D eigenvalue weighted by molar-refractivity contribution is 0.0565. The first-order valence-electron chi connectivity index (χ1n) is 8.20. The summed E-state index contributed by atoms with van der Waals surface area (Å²) in [7, 11) is 1.64. The number of carbonyl (C=O) groups excluding carboxylic acids is 1. The monoisotopic (exact) mass is 325 g/mol. The zero-order valence-electron chi connectivity index (χ0n) is 14.1. The largest absolute Gasteiger partial charge is 0.497 e. The van der Waals surface area contributed by atoms with E-state index in [1.54, 1.807) is 18.9 Å². The van der Waals surface area contributed by atoms with Gasteiger partial charge in [0.2, 0.25) is 0 Å². The van der Waals surface area contributed by atoms with Gasteiger partial charge in [-0.15, -0.1) is 0 Å². The molecule has 0 radical (unpaired) electrons. The third-order valence-corrected chi connectivity index (χ3v) is 4.54. The Balaban J connectivity index is 1.80. The highest BCUT2D eigenvalue weighted by Crippen LogP contribution is 2.30. The minimum absolute atomic E-state index is 0.0129. The van der Waals surface area contributed by atoms with Crippen molar-refractivity contribution in [1.82, 2.24) is 4.90 Å². The molecule has 3 rings (SSSR count). The second kappa shape index (κ2) is 6.65. The number of aliphatic hydroxyl groups is 1. The second-order valence-corrected chi connectivity index (χ2v) is 6.71. The van der Waals surface area contributed by atoms with Crippen LogP contribution in [-0.4, -0.2) is 41.2 Å². The normalized spacial score (nSPS) is 23.3. The summed E-state index contributed by atoms with van der Waals surface area (Å²) in [5.41, 5.74) is 0.945. The van der Waals surface area contributed by atoms with E-state index in [0.717, 1.165) is 17.7 Å². The molecule has 2 aromatic carbocycles. The number of hydrogen-bond donors (Lipinski definition) is 1. The highest BCUT2D eigenvalue weighted by atomic mass is 16.5. The van der Waals surface area contributed by atoms with Crippen LogP contribution in [0.3, 0.4) is 0 Å². The predicted octanol–water partition coefficient (Wildman–Crippen LogP) is 2.90. The molecule has 24 heavy (non-hydrogen) atoms. The van der Waals surface area contributed by atoms with Crippen molar-refractivity contribution in [2.45, 2.75) is 31.4 Å². The molecule has 1 saturated heterocycles. The maximum absolute atomic E-state index is 12.8. The van der Waals surface area contributed by atoms with Gasteiger partial charge in [0.1, 0.15) is 5.75 Å². The average molecular weight is 325 g/mol. The van der Waals surface area contributed by atoms with Crippen molar-refractivity contribution < 1.29 is 14.6 Å². The fourth-order valence-electron chi connectivity index (χ4n) is 3.38. The van der Waals surface area contributed by atoms with Crippen LogP contribution >= 0.6 is 0 Å². The number of likely N-dealkylation sites (tertiary alicyclic amines) is 1. The van der Waals surface area contributed by atoms with E-state index in [1.165, 1.54) is 0 Å². The number of ether oxygens (including phenoxy) is 1. The molecule has 0 bridgehead atoms. The van der Waals surface area contributed by atoms with Crippen LogP contribution in [0.5, 0.6) is 5.75 Å². The smallest absolute Gasteiger partial charge is 0.254 e. The van der Waals surface area contributed by atoms with Crippen LogP contribution in [0.4, 0.5) is 0 Å². The van der Waals surface area contributed by atoms with Gasteiger partial charge in [-0.1, -0.05) is 30.3 Å². The van der Waals surface area contributed by atoms with Crippen LogP contribution in [0.15, 0.2) is 54.6 Å². The van der Waals surface area contributed by atoms with Crippen LogP contribution in [0.2, 0.25) is 0 Å². The summed E-state index contributed by atoms with van der Waals surface area (Å²) in [5.74, 6) is 0.793. The zero-order chi connectivity index (χ0) is 17.2. The molecule has 126 valence electrons. The molecule has 0 unspecified atom stereocenters. The predicted molar refractivity (Wildman–Crippen MR) is 93.2 cm³/mol. The Hall–Kier alpha value is -2.33. The van der Waals surface area contributed by atoms with Gasteiger partial charge in [-0.3, -0.25) is 4.79 Å². The van der Waals surface area contributed by atoms with Gasteiger partial charge in [0.25, 0.3) is 5.91 Å². The van der Waals surface area contributed by atoms with Gasteiger partial charge in [0.15, 0.2) is 0 Å². The van der Waals surface area contributed by atoms with Gasteiger partial charge < -0.3 is 14.7 Å². The summed E-state index contributed by atoms with van der Waals surface area (Å²) in [4.78, 5) is 14.6. The van der Waals surface area contributed by atoms with Crippen molar-refractivity contribution in [1.29, 1.82) is 0 Å². The van der Waals surface area contributed by atoms with Crippen LogP contribution in [-0.2, 0) is 6.42 Å². The van der Waals surface area contributed by atoms with Crippen molar-refractivity contribution in [2.24, 2.45) is 0 Å². The molecule has 1 N–H and O–H groups in total. The van der Waals surface area contributed by atoms with Crippen molar-refractivity contribution >= 4 is 5.91 Å². The van der Waals surface area contributed by atoms with E-state index in [-0.39, 0.29) is 11.9 Å². The quantitative estimate of drug-likeness (QED) is 0.940. The summed E-state index contributed by atoms with van der Waals surface area (Å²) in [6.45, 7) is 2.16. The summed E-state index contributed by atoms with van der Waals surface area (Å²) in [6.07, 6.45) is 1.30. The molecule has 0 spiro atoms. The average Bonchev–Trinajstić information content (AvgIpc) is 2.90. The number of carbonyl (C=O) groups is 1. The Labute approximate surface area is 142 Å². The Bertz CT molecular complexity index is 695. The van der Waals surface area contributed by atoms with E-state index in [4.69, 9.17) is 4.74 Å². The molecule has 2 aromatic rings. The van der Waals surface area contributed by atoms with Gasteiger partial charge in [-0.25, -0.2) is 0 Å². The third-order valence-electron chi connectivity index (χ3n) is 4.54. The molecule has 4 nitrogen and oxygen atoms in total. The van der Waals surface area contributed by atoms with E-state index in [0.29, 0.717) is 18.5 Å². The molecule has 1 fully saturated rings. The van der Waals surface area contributed by atoms with E-state index in [2.05, 4.69) is 0 Å². The molecular weight excluding hydrogens is 302 g/mol. The van der Waals surface area contributed by atoms with Crippen molar-refractivity contribution in [2.75, 3.05) is 13.7 Å². The molecule has 1 aliphatic rings. The summed E-state index contributed by atoms with van der Waals surface area (Å²) >= 11 is 0. The van der Waals surface area contributed by atoms with Crippen molar-refractivity contribution in [3.63, 3.8) is 0 Å². The molecular formula is C20H23NO3. The lowest BCUT2D eigenvalue weighted by Gasteiger charge is -2.25. The number of rotatable bonds is 4. The number of benzene rings is 2. The standard InChI is InChI=1S/C20H23NO3/c1-20(23)13-17(12-15-8-10-18(24-2)11-9-15)21(14-20)19(22)16-6-4-3-5-7-16/h3-11,17,23H,12-14H2,1-2H3/t17-,20+/m0/s1. The van der Waals surface area contributed by atoms with E-state index in [1.807, 2.05) is 54.6 Å². The highest BCUT2D eigenvalue weighted by molar-refractivity contribution is 5.94. The third kappa shape index (κ3) is 3.60. The first kappa shape index (κ1) is 16.5. The number of methoxy groups -OCH3 is 1. The Morgan fingerprint density at radius 3 is 2.50 bits per heavy atom. The summed E-state index contributed by atoms with van der Waals surface area (Å²) in [5, 5.41) is 10.5. The maximum Gasteiger partial charge on any atom is 0.254 e. The minimum Gasteiger partial charge on any atom is -0.497 e. The van der Waals surface area contributed by atoms with E-state index < -0.39 is 5.60 Å². The molecule has 4 heteroatoms. The molecule has 1 amide bonds. The molecule has 1 aliphatic heterocycles. The first-order valence-corrected chi connectivity index (χ1v) is 8.20. The van der Waals surface area contributed by atoms with Crippen molar-refractivity contribution in [3.8, 4) is 5.75 Å². The fraction of sp³-hybridized carbons (Fsp3) is 0.350. The molecule has 0 aromatic heterocycles. The fourth-order valence-corrected chi connectivity index (χ4v) is 3.38. The zero-order valence-corrected chi connectivity index (χ0v) is 14.1. The topological polar surface area (TPSA) is 49.8 Å². The van der Waals surface area contributed by atoms with Crippen molar-refractivity contribution in [3.05, 3.63) is 65.7 Å². The molecule has 2 atom stereocenters. The van der Waals surface area contributed by atoms with Crippen LogP contribution in [0.1, 0.15) is 29.3 Å². The number of hydrogen-bond acceptors (Lipinski definition) is 3. The summed E-state index contributed by atoms with van der Waals surface area (Å²) in [6, 6.07) is 17.1. The first-order chi connectivity index (χ1) is 11.5. The SMILES string of the molecule is COc1ccc(C[C@H]2C[C@@](C)(O)CN2C(=O)c2ccccc2)cc1. The molecule has 0 saturated carbocycles. The second-order valence-electron chi connectivity index (χ2n) is 6.71. The van der Waals surface area contributed by atoms with Gasteiger partial charge in [0, 0.05) is 18.2 Å². The van der Waals surface area contributed by atoms with E-state index in [9.17, 15) is 9.90 Å². The number of amides is 1. The maximum atomic E-state index is 12.8. The Morgan fingerprint density at radius 1 is 1.21 bits per heavy atom. The number of nitrogens with zero attached hydrogens (tertiary/aromatic N) is 1. The number of β-amino-alcohol motifs (C(OH)–C–C–N with tert-alkyl or cyclic N) is 1.